The van der Waals surface area contributed by atoms with Gasteiger partial charge in [0.15, 0.2) is 17.7 Å². The summed E-state index contributed by atoms with van der Waals surface area (Å²) in [6.07, 6.45) is -1.44. The maximum Gasteiger partial charge on any atom is 0.167 e. The molecule has 1 fully saturated rings. The highest BCUT2D eigenvalue weighted by Gasteiger charge is 2.43. The zero-order valence-electron chi connectivity index (χ0n) is 10.7. The van der Waals surface area contributed by atoms with E-state index >= 15 is 0 Å². The third kappa shape index (κ3) is 2.14. The molecule has 11 heteroatoms. The summed E-state index contributed by atoms with van der Waals surface area (Å²) in [7, 11) is 0. The molecule has 0 unspecified atom stereocenters. The number of fused-ring (bicyclic) bond motifs is 1. The maximum atomic E-state index is 10.1. The van der Waals surface area contributed by atoms with Crippen LogP contribution in [0.3, 0.4) is 0 Å². The molecule has 3 heterocycles. The highest BCUT2D eigenvalue weighted by Crippen LogP contribution is 2.31. The first kappa shape index (κ1) is 13.5. The van der Waals surface area contributed by atoms with Crippen molar-refractivity contribution < 1.29 is 14.9 Å². The van der Waals surface area contributed by atoms with Crippen molar-refractivity contribution >= 4 is 17.0 Å². The van der Waals surface area contributed by atoms with E-state index in [-0.39, 0.29) is 12.4 Å². The second-order valence-corrected chi connectivity index (χ2v) is 4.54. The zero-order valence-corrected chi connectivity index (χ0v) is 10.7. The van der Waals surface area contributed by atoms with E-state index in [1.807, 2.05) is 0 Å². The topological polar surface area (TPSA) is 168 Å². The summed E-state index contributed by atoms with van der Waals surface area (Å²) in [5, 5.41) is 23.4. The molecule has 0 saturated carbocycles. The lowest BCUT2D eigenvalue weighted by Crippen LogP contribution is -2.32. The fourth-order valence-corrected chi connectivity index (χ4v) is 2.28. The third-order valence-electron chi connectivity index (χ3n) is 3.32. The predicted octanol–water partition coefficient (Wildman–Crippen LogP) is -0.662. The zero-order chi connectivity index (χ0) is 15.0. The van der Waals surface area contributed by atoms with Crippen LogP contribution >= 0.6 is 0 Å². The Labute approximate surface area is 117 Å². The first-order valence-corrected chi connectivity index (χ1v) is 6.09. The lowest BCUT2D eigenvalue weighted by atomic mass is 10.1. The molecule has 1 saturated heterocycles. The minimum atomic E-state index is -1.21. The van der Waals surface area contributed by atoms with Crippen LogP contribution in [-0.4, -0.2) is 54.6 Å². The molecule has 0 aromatic carbocycles. The highest BCUT2D eigenvalue weighted by atomic mass is 16.6. The second-order valence-electron chi connectivity index (χ2n) is 4.54. The van der Waals surface area contributed by atoms with Gasteiger partial charge in [0.05, 0.1) is 19.0 Å². The van der Waals surface area contributed by atoms with Gasteiger partial charge in [0.1, 0.15) is 24.1 Å². The van der Waals surface area contributed by atoms with Crippen LogP contribution < -0.4 is 5.73 Å². The molecule has 110 valence electrons. The number of ether oxygens (including phenoxy) is 1. The summed E-state index contributed by atoms with van der Waals surface area (Å²) in [5.74, 6) is 0.206. The Morgan fingerprint density at radius 2 is 2.19 bits per heavy atom. The van der Waals surface area contributed by atoms with E-state index in [2.05, 4.69) is 25.0 Å². The van der Waals surface area contributed by atoms with Gasteiger partial charge in [-0.2, -0.15) is 0 Å². The number of hydrogen-bond acceptors (Lipinski definition) is 8. The number of anilines is 1. The number of nitrogen functional groups attached to an aromatic ring is 1. The van der Waals surface area contributed by atoms with Gasteiger partial charge in [-0.1, -0.05) is 5.11 Å². The van der Waals surface area contributed by atoms with E-state index in [1.54, 1.807) is 0 Å². The van der Waals surface area contributed by atoms with Crippen LogP contribution in [0.1, 0.15) is 6.23 Å². The summed E-state index contributed by atoms with van der Waals surface area (Å²) in [4.78, 5) is 14.5. The standard InChI is InChI=1S/C10H12N8O3/c11-8-5-9(14-2-13-8)18(3-15-5)10-7(20)6(19)4(21-10)1-16-17-12/h2-4,6-7,10,19-20H,1H2,(H2,11,13,14)/t4-,6+,7-,10-/m1/s1. The van der Waals surface area contributed by atoms with Crippen molar-refractivity contribution in [3.8, 4) is 0 Å². The van der Waals surface area contributed by atoms with Gasteiger partial charge in [-0.15, -0.1) is 0 Å². The summed E-state index contributed by atoms with van der Waals surface area (Å²) >= 11 is 0. The van der Waals surface area contributed by atoms with Gasteiger partial charge >= 0.3 is 0 Å². The minimum Gasteiger partial charge on any atom is -0.388 e. The lowest BCUT2D eigenvalue weighted by molar-refractivity contribution is -0.0321. The number of azide groups is 1. The number of aliphatic hydroxyl groups is 2. The maximum absolute atomic E-state index is 10.1. The average molecular weight is 292 g/mol. The van der Waals surface area contributed by atoms with Crippen LogP contribution in [0.25, 0.3) is 21.6 Å². The SMILES string of the molecule is [N-]=[N+]=NC[C@H]1O[C@@H](n2cnc3c(N)ncnc32)[C@H](O)[C@H]1O. The van der Waals surface area contributed by atoms with Crippen molar-refractivity contribution in [3.63, 3.8) is 0 Å². The molecule has 0 aliphatic carbocycles. The third-order valence-corrected chi connectivity index (χ3v) is 3.32. The van der Waals surface area contributed by atoms with Gasteiger partial charge in [-0.25, -0.2) is 15.0 Å². The molecule has 0 amide bonds. The number of aliphatic hydroxyl groups excluding tert-OH is 2. The Hall–Kier alpha value is -2.46. The summed E-state index contributed by atoms with van der Waals surface area (Å²) in [6, 6.07) is 0. The van der Waals surface area contributed by atoms with E-state index < -0.39 is 24.5 Å². The molecule has 0 bridgehead atoms. The molecule has 0 radical (unpaired) electrons. The fraction of sp³-hybridized carbons (Fsp3) is 0.500. The normalized spacial score (nSPS) is 28.7. The lowest BCUT2D eigenvalue weighted by Gasteiger charge is -2.16. The molecule has 2 aromatic rings. The molecule has 1 aliphatic rings. The quantitative estimate of drug-likeness (QED) is 0.383. The van der Waals surface area contributed by atoms with Crippen molar-refractivity contribution in [2.45, 2.75) is 24.5 Å². The van der Waals surface area contributed by atoms with Crippen molar-refractivity contribution in [3.05, 3.63) is 23.1 Å². The first-order valence-electron chi connectivity index (χ1n) is 6.09. The van der Waals surface area contributed by atoms with Gasteiger partial charge in [-0.05, 0) is 5.53 Å². The molecule has 3 rings (SSSR count). The summed E-state index contributed by atoms with van der Waals surface area (Å²) in [6.45, 7) is -0.0883. The first-order chi connectivity index (χ1) is 10.1. The van der Waals surface area contributed by atoms with Crippen molar-refractivity contribution in [1.29, 1.82) is 0 Å². The monoisotopic (exact) mass is 292 g/mol. The van der Waals surface area contributed by atoms with Gasteiger partial charge in [0.25, 0.3) is 0 Å². The van der Waals surface area contributed by atoms with E-state index in [4.69, 9.17) is 16.0 Å². The number of nitrogens with zero attached hydrogens (tertiary/aromatic N) is 7. The number of aromatic nitrogens is 4. The molecule has 11 nitrogen and oxygen atoms in total. The molecule has 0 spiro atoms. The van der Waals surface area contributed by atoms with E-state index in [0.717, 1.165) is 0 Å². The smallest absolute Gasteiger partial charge is 0.167 e. The molecule has 4 N–H and O–H groups in total. The van der Waals surface area contributed by atoms with E-state index in [1.165, 1.54) is 17.2 Å². The van der Waals surface area contributed by atoms with Crippen molar-refractivity contribution in [2.24, 2.45) is 5.11 Å². The Morgan fingerprint density at radius 1 is 1.38 bits per heavy atom. The average Bonchev–Trinajstić information content (AvgIpc) is 3.02. The van der Waals surface area contributed by atoms with E-state index in [0.29, 0.717) is 11.2 Å². The minimum absolute atomic E-state index is 0.0883. The van der Waals surface area contributed by atoms with Crippen LogP contribution in [0.5, 0.6) is 0 Å². The number of rotatable bonds is 3. The fourth-order valence-electron chi connectivity index (χ4n) is 2.28. The Morgan fingerprint density at radius 3 is 2.95 bits per heavy atom. The van der Waals surface area contributed by atoms with Gasteiger partial charge in [-0.3, -0.25) is 4.57 Å². The Kier molecular flexibility index (Phi) is 3.31. The molecule has 21 heavy (non-hydrogen) atoms. The second kappa shape index (κ2) is 5.14. The molecule has 1 aliphatic heterocycles. The highest BCUT2D eigenvalue weighted by molar-refractivity contribution is 5.81. The summed E-state index contributed by atoms with van der Waals surface area (Å²) in [5.41, 5.74) is 14.8. The largest absolute Gasteiger partial charge is 0.388 e. The van der Waals surface area contributed by atoms with Crippen LogP contribution in [0, 0.1) is 0 Å². The van der Waals surface area contributed by atoms with Crippen molar-refractivity contribution in [1.82, 2.24) is 19.5 Å². The van der Waals surface area contributed by atoms with Crippen LogP contribution in [0.15, 0.2) is 17.8 Å². The van der Waals surface area contributed by atoms with Crippen LogP contribution in [0.4, 0.5) is 5.82 Å². The number of hydrogen-bond donors (Lipinski definition) is 3. The Balaban J connectivity index is 1.95. The van der Waals surface area contributed by atoms with Gasteiger partial charge in [0.2, 0.25) is 0 Å². The number of nitrogens with two attached hydrogens (primary N) is 1. The summed E-state index contributed by atoms with van der Waals surface area (Å²) < 4.78 is 6.99. The molecular weight excluding hydrogens is 280 g/mol. The molecular formula is C10H12N8O3. The molecule has 2 aromatic heterocycles. The number of imidazole rings is 1. The molecule has 4 atom stereocenters. The van der Waals surface area contributed by atoms with Crippen molar-refractivity contribution in [2.75, 3.05) is 12.3 Å². The van der Waals surface area contributed by atoms with Gasteiger partial charge in [0, 0.05) is 4.91 Å². The van der Waals surface area contributed by atoms with Crippen LogP contribution in [0.2, 0.25) is 0 Å². The van der Waals surface area contributed by atoms with Crippen LogP contribution in [-0.2, 0) is 4.74 Å². The van der Waals surface area contributed by atoms with Gasteiger partial charge < -0.3 is 20.7 Å². The predicted molar refractivity (Wildman–Crippen MR) is 69.7 cm³/mol. The van der Waals surface area contributed by atoms with E-state index in [9.17, 15) is 10.2 Å². The Bertz CT molecular complexity index is 711.